The van der Waals surface area contributed by atoms with E-state index < -0.39 is 4.92 Å². The van der Waals surface area contributed by atoms with Crippen molar-refractivity contribution in [1.29, 1.82) is 0 Å². The molecule has 7 heteroatoms. The van der Waals surface area contributed by atoms with Crippen LogP contribution in [-0.4, -0.2) is 15.8 Å². The van der Waals surface area contributed by atoms with Crippen LogP contribution in [0.4, 0.5) is 11.4 Å². The highest BCUT2D eigenvalue weighted by molar-refractivity contribution is 7.13. The third-order valence-corrected chi connectivity index (χ3v) is 4.22. The lowest BCUT2D eigenvalue weighted by Crippen LogP contribution is -2.14. The second-order valence-corrected chi connectivity index (χ2v) is 5.90. The van der Waals surface area contributed by atoms with Gasteiger partial charge < -0.3 is 5.32 Å². The molecule has 0 aliphatic carbocycles. The van der Waals surface area contributed by atoms with Gasteiger partial charge in [-0.1, -0.05) is 30.3 Å². The molecule has 3 aromatic rings. The van der Waals surface area contributed by atoms with Gasteiger partial charge in [0.05, 0.1) is 17.0 Å². The number of benzene rings is 2. The maximum atomic E-state index is 12.1. The number of amides is 1. The Labute approximate surface area is 141 Å². The molecule has 1 amide bonds. The number of carbonyl (C=O) groups excluding carboxylic acids is 1. The van der Waals surface area contributed by atoms with Crippen LogP contribution in [0.15, 0.2) is 60.0 Å². The molecular weight excluding hydrogens is 326 g/mol. The molecule has 6 nitrogen and oxygen atoms in total. The first-order valence-electron chi connectivity index (χ1n) is 7.16. The Kier molecular flexibility index (Phi) is 4.62. The first-order chi connectivity index (χ1) is 11.6. The van der Waals surface area contributed by atoms with Crippen molar-refractivity contribution in [2.45, 2.75) is 6.42 Å². The molecule has 24 heavy (non-hydrogen) atoms. The number of hydrogen-bond acceptors (Lipinski definition) is 5. The molecule has 0 fully saturated rings. The minimum absolute atomic E-state index is 0.0139. The fourth-order valence-corrected chi connectivity index (χ4v) is 2.96. The summed E-state index contributed by atoms with van der Waals surface area (Å²) in [7, 11) is 0. The molecule has 0 atom stereocenters. The second-order valence-electron chi connectivity index (χ2n) is 5.04. The third kappa shape index (κ3) is 3.82. The van der Waals surface area contributed by atoms with Crippen LogP contribution in [0, 0.1) is 10.1 Å². The molecule has 3 rings (SSSR count). The number of thiazole rings is 1. The minimum Gasteiger partial charge on any atom is -0.326 e. The zero-order valence-corrected chi connectivity index (χ0v) is 13.3. The lowest BCUT2D eigenvalue weighted by atomic mass is 10.2. The lowest BCUT2D eigenvalue weighted by Gasteiger charge is -2.03. The highest BCUT2D eigenvalue weighted by Crippen LogP contribution is 2.23. The van der Waals surface area contributed by atoms with Crippen molar-refractivity contribution in [1.82, 2.24) is 4.98 Å². The number of carbonyl (C=O) groups is 1. The molecule has 0 radical (unpaired) electrons. The first-order valence-corrected chi connectivity index (χ1v) is 8.04. The van der Waals surface area contributed by atoms with Gasteiger partial charge in [-0.15, -0.1) is 11.3 Å². The monoisotopic (exact) mass is 339 g/mol. The normalized spacial score (nSPS) is 10.3. The van der Waals surface area contributed by atoms with Crippen LogP contribution < -0.4 is 5.32 Å². The molecule has 0 aliphatic rings. The summed E-state index contributed by atoms with van der Waals surface area (Å²) in [6.45, 7) is 0. The van der Waals surface area contributed by atoms with Gasteiger partial charge in [0.15, 0.2) is 0 Å². The first kappa shape index (κ1) is 15.8. The summed E-state index contributed by atoms with van der Waals surface area (Å²) in [6, 6.07) is 15.5. The Bertz CT molecular complexity index is 860. The molecule has 1 aromatic heterocycles. The van der Waals surface area contributed by atoms with Crippen molar-refractivity contribution in [2.75, 3.05) is 5.32 Å². The molecule has 0 bridgehead atoms. The van der Waals surface area contributed by atoms with Gasteiger partial charge in [0.25, 0.3) is 5.69 Å². The summed E-state index contributed by atoms with van der Waals surface area (Å²) in [6.07, 6.45) is 0.153. The molecule has 0 saturated carbocycles. The Morgan fingerprint density at radius 3 is 2.50 bits per heavy atom. The number of nitrogens with one attached hydrogen (secondary N) is 1. The maximum Gasteiger partial charge on any atom is 0.269 e. The summed E-state index contributed by atoms with van der Waals surface area (Å²) in [4.78, 5) is 26.7. The van der Waals surface area contributed by atoms with Gasteiger partial charge in [0.1, 0.15) is 5.01 Å². The number of rotatable bonds is 5. The van der Waals surface area contributed by atoms with Crippen molar-refractivity contribution < 1.29 is 9.72 Å². The fourth-order valence-electron chi connectivity index (χ4n) is 2.14. The van der Waals surface area contributed by atoms with Crippen molar-refractivity contribution in [3.8, 4) is 10.6 Å². The van der Waals surface area contributed by atoms with E-state index in [2.05, 4.69) is 10.3 Å². The molecule has 0 saturated heterocycles. The maximum absolute atomic E-state index is 12.1. The molecular formula is C17H13N3O3S. The topological polar surface area (TPSA) is 85.1 Å². The standard InChI is InChI=1S/C17H13N3O3S/c21-16(18-13-6-8-15(9-7-13)20(22)23)10-14-11-24-17(19-14)12-4-2-1-3-5-12/h1-9,11H,10H2,(H,18,21). The molecule has 1 heterocycles. The second kappa shape index (κ2) is 7.01. The Morgan fingerprint density at radius 1 is 1.12 bits per heavy atom. The molecule has 0 aliphatic heterocycles. The van der Waals surface area contributed by atoms with Gasteiger partial charge in [-0.2, -0.15) is 0 Å². The molecule has 2 aromatic carbocycles. The number of aromatic nitrogens is 1. The third-order valence-electron chi connectivity index (χ3n) is 3.28. The lowest BCUT2D eigenvalue weighted by molar-refractivity contribution is -0.384. The van der Waals surface area contributed by atoms with Crippen molar-refractivity contribution in [3.63, 3.8) is 0 Å². The fraction of sp³-hybridized carbons (Fsp3) is 0.0588. The zero-order valence-electron chi connectivity index (χ0n) is 12.5. The molecule has 0 spiro atoms. The largest absolute Gasteiger partial charge is 0.326 e. The average Bonchev–Trinajstić information content (AvgIpc) is 3.04. The van der Waals surface area contributed by atoms with Gasteiger partial charge >= 0.3 is 0 Å². The van der Waals surface area contributed by atoms with E-state index in [1.54, 1.807) is 0 Å². The Balaban J connectivity index is 1.63. The van der Waals surface area contributed by atoms with Crippen LogP contribution in [0.25, 0.3) is 10.6 Å². The van der Waals surface area contributed by atoms with E-state index in [0.717, 1.165) is 10.6 Å². The number of non-ortho nitro benzene ring substituents is 1. The smallest absolute Gasteiger partial charge is 0.269 e. The SMILES string of the molecule is O=C(Cc1csc(-c2ccccc2)n1)Nc1ccc([N+](=O)[O-])cc1. The predicted octanol–water partition coefficient (Wildman–Crippen LogP) is 3.90. The Hall–Kier alpha value is -3.06. The van der Waals surface area contributed by atoms with Gasteiger partial charge in [-0.25, -0.2) is 4.98 Å². The van der Waals surface area contributed by atoms with Gasteiger partial charge in [0.2, 0.25) is 5.91 Å². The number of nitro benzene ring substituents is 1. The number of anilines is 1. The number of nitrogens with zero attached hydrogens (tertiary/aromatic N) is 2. The van der Waals surface area contributed by atoms with Crippen LogP contribution in [-0.2, 0) is 11.2 Å². The highest BCUT2D eigenvalue weighted by atomic mass is 32.1. The summed E-state index contributed by atoms with van der Waals surface area (Å²) < 4.78 is 0. The summed E-state index contributed by atoms with van der Waals surface area (Å²) in [5.74, 6) is -0.214. The van der Waals surface area contributed by atoms with E-state index >= 15 is 0 Å². The summed E-state index contributed by atoms with van der Waals surface area (Å²) in [5.41, 5.74) is 2.21. The Morgan fingerprint density at radius 2 is 1.83 bits per heavy atom. The summed E-state index contributed by atoms with van der Waals surface area (Å²) in [5, 5.41) is 16.0. The van der Waals surface area contributed by atoms with E-state index in [-0.39, 0.29) is 18.0 Å². The van der Waals surface area contributed by atoms with Gasteiger partial charge in [-0.3, -0.25) is 14.9 Å². The zero-order chi connectivity index (χ0) is 16.9. The van der Waals surface area contributed by atoms with Crippen LogP contribution in [0.2, 0.25) is 0 Å². The van der Waals surface area contributed by atoms with Crippen LogP contribution in [0.5, 0.6) is 0 Å². The predicted molar refractivity (Wildman–Crippen MR) is 93.0 cm³/mol. The van der Waals surface area contributed by atoms with Crippen LogP contribution in [0.1, 0.15) is 5.69 Å². The van der Waals surface area contributed by atoms with Crippen molar-refractivity contribution >= 4 is 28.6 Å². The van der Waals surface area contributed by atoms with E-state index in [1.165, 1.54) is 35.6 Å². The number of nitro groups is 1. The molecule has 120 valence electrons. The van der Waals surface area contributed by atoms with E-state index in [4.69, 9.17) is 0 Å². The summed E-state index contributed by atoms with van der Waals surface area (Å²) >= 11 is 1.49. The van der Waals surface area contributed by atoms with Crippen LogP contribution in [0.3, 0.4) is 0 Å². The van der Waals surface area contributed by atoms with Crippen LogP contribution >= 0.6 is 11.3 Å². The van der Waals surface area contributed by atoms with E-state index in [9.17, 15) is 14.9 Å². The molecule has 0 unspecified atom stereocenters. The highest BCUT2D eigenvalue weighted by Gasteiger charge is 2.10. The minimum atomic E-state index is -0.480. The quantitative estimate of drug-likeness (QED) is 0.564. The van der Waals surface area contributed by atoms with Crippen molar-refractivity contribution in [2.24, 2.45) is 0 Å². The average molecular weight is 339 g/mol. The van der Waals surface area contributed by atoms with Gasteiger partial charge in [0, 0.05) is 28.8 Å². The molecule has 1 N–H and O–H groups in total. The van der Waals surface area contributed by atoms with E-state index in [1.807, 2.05) is 35.7 Å². The van der Waals surface area contributed by atoms with Crippen molar-refractivity contribution in [3.05, 3.63) is 75.8 Å². The number of hydrogen-bond donors (Lipinski definition) is 1. The van der Waals surface area contributed by atoms with E-state index in [0.29, 0.717) is 11.4 Å². The van der Waals surface area contributed by atoms with Gasteiger partial charge in [-0.05, 0) is 12.1 Å².